The van der Waals surface area contributed by atoms with Crippen molar-refractivity contribution in [3.63, 3.8) is 0 Å². The van der Waals surface area contributed by atoms with E-state index in [0.717, 1.165) is 33.3 Å². The molecule has 35 heavy (non-hydrogen) atoms. The first-order valence-electron chi connectivity index (χ1n) is 11.4. The van der Waals surface area contributed by atoms with Gasteiger partial charge in [0.15, 0.2) is 0 Å². The quantitative estimate of drug-likeness (QED) is 0.224. The highest BCUT2D eigenvalue weighted by Crippen LogP contribution is 2.44. The molecule has 3 aromatic carbocycles. The molecule has 176 valence electrons. The molecule has 1 saturated heterocycles. The Morgan fingerprint density at radius 2 is 1.71 bits per heavy atom. The number of aromatic nitrogens is 1. The number of H-pyrrole nitrogens is 1. The van der Waals surface area contributed by atoms with Crippen LogP contribution in [0.2, 0.25) is 0 Å². The number of aliphatic hydroxyl groups is 1. The van der Waals surface area contributed by atoms with Crippen LogP contribution in [-0.4, -0.2) is 26.7 Å². The second kappa shape index (κ2) is 8.55. The number of Topliss-reactive ketones (excluding diaryl/α,β-unsaturated/α-hetero) is 1. The van der Waals surface area contributed by atoms with E-state index in [1.165, 1.54) is 17.0 Å². The van der Waals surface area contributed by atoms with Crippen molar-refractivity contribution < 1.29 is 19.1 Å². The number of aryl methyl sites for hydroxylation is 3. The third kappa shape index (κ3) is 3.81. The summed E-state index contributed by atoms with van der Waals surface area (Å²) in [7, 11) is 0. The summed E-state index contributed by atoms with van der Waals surface area (Å²) in [6.07, 6.45) is 0. The minimum Gasteiger partial charge on any atom is -0.507 e. The molecule has 1 unspecified atom stereocenters. The molecule has 6 heteroatoms. The van der Waals surface area contributed by atoms with E-state index < -0.39 is 17.7 Å². The Kier molecular flexibility index (Phi) is 5.52. The lowest BCUT2D eigenvalue weighted by atomic mass is 9.91. The molecule has 2 heterocycles. The first-order chi connectivity index (χ1) is 16.8. The number of carbonyl (C=O) groups excluding carboxylic acids is 2. The largest absolute Gasteiger partial charge is 0.507 e. The van der Waals surface area contributed by atoms with Gasteiger partial charge in [0.1, 0.15) is 11.6 Å². The third-order valence-corrected chi connectivity index (χ3v) is 6.67. The number of carbonyl (C=O) groups is 2. The maximum atomic E-state index is 13.5. The number of para-hydroxylation sites is 1. The number of amides is 1. The van der Waals surface area contributed by atoms with E-state index in [-0.39, 0.29) is 23.7 Å². The fourth-order valence-electron chi connectivity index (χ4n) is 4.92. The second-order valence-corrected chi connectivity index (χ2v) is 9.08. The molecular formula is C29H25FN2O3. The van der Waals surface area contributed by atoms with Crippen LogP contribution in [0.25, 0.3) is 16.7 Å². The average Bonchev–Trinajstić information content (AvgIpc) is 3.29. The number of nitrogens with zero attached hydrogens (tertiary/aromatic N) is 1. The van der Waals surface area contributed by atoms with Crippen LogP contribution in [0, 0.1) is 26.6 Å². The van der Waals surface area contributed by atoms with E-state index in [9.17, 15) is 19.1 Å². The number of hydrogen-bond acceptors (Lipinski definition) is 3. The highest BCUT2D eigenvalue weighted by atomic mass is 19.1. The number of rotatable bonds is 4. The summed E-state index contributed by atoms with van der Waals surface area (Å²) in [6, 6.07) is 18.3. The van der Waals surface area contributed by atoms with Crippen LogP contribution in [0.5, 0.6) is 0 Å². The SMILES string of the molecule is Cc1ccc(C)c(/C(O)=C2\C(=O)C(=O)N(Cc3ccc(F)cc3)C2c2c(C)[nH]c3ccccc23)c1. The number of hydrogen-bond donors (Lipinski definition) is 2. The van der Waals surface area contributed by atoms with Gasteiger partial charge >= 0.3 is 0 Å². The van der Waals surface area contributed by atoms with Gasteiger partial charge in [0.05, 0.1) is 11.6 Å². The molecule has 1 fully saturated rings. The number of nitrogens with one attached hydrogen (secondary N) is 1. The molecule has 0 saturated carbocycles. The van der Waals surface area contributed by atoms with E-state index in [0.29, 0.717) is 11.1 Å². The monoisotopic (exact) mass is 468 g/mol. The molecule has 4 aromatic rings. The summed E-state index contributed by atoms with van der Waals surface area (Å²) in [6.45, 7) is 5.75. The lowest BCUT2D eigenvalue weighted by molar-refractivity contribution is -0.140. The van der Waals surface area contributed by atoms with Crippen molar-refractivity contribution in [2.24, 2.45) is 0 Å². The maximum Gasteiger partial charge on any atom is 0.295 e. The Morgan fingerprint density at radius 1 is 1.00 bits per heavy atom. The van der Waals surface area contributed by atoms with Crippen molar-refractivity contribution >= 4 is 28.4 Å². The Hall–Kier alpha value is -4.19. The normalized spacial score (nSPS) is 17.5. The zero-order valence-electron chi connectivity index (χ0n) is 19.7. The number of likely N-dealkylation sites (tertiary alicyclic amines) is 1. The van der Waals surface area contributed by atoms with Gasteiger partial charge in [0, 0.05) is 34.3 Å². The number of fused-ring (bicyclic) bond motifs is 1. The molecular weight excluding hydrogens is 443 g/mol. The van der Waals surface area contributed by atoms with E-state index in [4.69, 9.17) is 0 Å². The van der Waals surface area contributed by atoms with Crippen LogP contribution >= 0.6 is 0 Å². The molecule has 1 atom stereocenters. The number of aliphatic hydroxyl groups excluding tert-OH is 1. The number of aromatic amines is 1. The fraction of sp³-hybridized carbons (Fsp3) is 0.172. The Morgan fingerprint density at radius 3 is 2.46 bits per heavy atom. The predicted molar refractivity (Wildman–Crippen MR) is 133 cm³/mol. The molecule has 1 aromatic heterocycles. The van der Waals surface area contributed by atoms with Crippen molar-refractivity contribution in [1.82, 2.24) is 9.88 Å². The van der Waals surface area contributed by atoms with Crippen molar-refractivity contribution in [2.75, 3.05) is 0 Å². The van der Waals surface area contributed by atoms with Gasteiger partial charge in [-0.3, -0.25) is 9.59 Å². The van der Waals surface area contributed by atoms with Gasteiger partial charge in [-0.2, -0.15) is 0 Å². The van der Waals surface area contributed by atoms with E-state index in [2.05, 4.69) is 4.98 Å². The molecule has 0 radical (unpaired) electrons. The Bertz CT molecular complexity index is 1510. The molecule has 0 aliphatic carbocycles. The van der Waals surface area contributed by atoms with Gasteiger partial charge < -0.3 is 15.0 Å². The Balaban J connectivity index is 1.76. The molecule has 1 aliphatic rings. The molecule has 5 nitrogen and oxygen atoms in total. The van der Waals surface area contributed by atoms with Gasteiger partial charge in [-0.1, -0.05) is 48.0 Å². The standard InChI is InChI=1S/C29H25FN2O3/c1-16-8-9-17(2)22(14-16)27(33)25-26(24-18(3)31-23-7-5-4-6-21(23)24)32(29(35)28(25)34)15-19-10-12-20(30)13-11-19/h4-14,26,31,33H,15H2,1-3H3/b27-25+. The summed E-state index contributed by atoms with van der Waals surface area (Å²) in [5, 5.41) is 12.4. The van der Waals surface area contributed by atoms with E-state index in [1.54, 1.807) is 12.1 Å². The van der Waals surface area contributed by atoms with E-state index in [1.807, 2.05) is 63.2 Å². The van der Waals surface area contributed by atoms with E-state index >= 15 is 0 Å². The molecule has 0 bridgehead atoms. The molecule has 0 spiro atoms. The van der Waals surface area contributed by atoms with Gasteiger partial charge in [-0.15, -0.1) is 0 Å². The molecule has 2 N–H and O–H groups in total. The fourth-order valence-corrected chi connectivity index (χ4v) is 4.92. The van der Waals surface area contributed by atoms with Crippen molar-refractivity contribution in [2.45, 2.75) is 33.4 Å². The number of halogens is 1. The summed E-state index contributed by atoms with van der Waals surface area (Å²) < 4.78 is 13.5. The van der Waals surface area contributed by atoms with Crippen molar-refractivity contribution in [3.05, 3.63) is 112 Å². The Labute approximate surface area is 202 Å². The van der Waals surface area contributed by atoms with Gasteiger partial charge in [-0.05, 0) is 56.2 Å². The average molecular weight is 469 g/mol. The van der Waals surface area contributed by atoms with Crippen LogP contribution in [0.3, 0.4) is 0 Å². The van der Waals surface area contributed by atoms with Crippen LogP contribution in [0.4, 0.5) is 4.39 Å². The zero-order valence-corrected chi connectivity index (χ0v) is 19.7. The van der Waals surface area contributed by atoms with Crippen LogP contribution in [0.15, 0.2) is 72.3 Å². The van der Waals surface area contributed by atoms with Crippen LogP contribution < -0.4 is 0 Å². The molecule has 5 rings (SSSR count). The first kappa shape index (κ1) is 22.6. The van der Waals surface area contributed by atoms with Gasteiger partial charge in [-0.25, -0.2) is 4.39 Å². The summed E-state index contributed by atoms with van der Waals surface area (Å²) >= 11 is 0. The third-order valence-electron chi connectivity index (χ3n) is 6.67. The highest BCUT2D eigenvalue weighted by Gasteiger charge is 2.47. The van der Waals surface area contributed by atoms with Crippen LogP contribution in [0.1, 0.15) is 39.6 Å². The van der Waals surface area contributed by atoms with Gasteiger partial charge in [0.25, 0.3) is 11.7 Å². The number of benzene rings is 3. The summed E-state index contributed by atoms with van der Waals surface area (Å²) in [5.41, 5.74) is 5.42. The lowest BCUT2D eigenvalue weighted by Gasteiger charge is -2.26. The summed E-state index contributed by atoms with van der Waals surface area (Å²) in [4.78, 5) is 31.6. The molecule has 1 aliphatic heterocycles. The second-order valence-electron chi connectivity index (χ2n) is 9.08. The lowest BCUT2D eigenvalue weighted by Crippen LogP contribution is -2.29. The van der Waals surface area contributed by atoms with Gasteiger partial charge in [0.2, 0.25) is 0 Å². The molecule has 1 amide bonds. The topological polar surface area (TPSA) is 73.4 Å². The number of ketones is 1. The zero-order chi connectivity index (χ0) is 24.9. The highest BCUT2D eigenvalue weighted by molar-refractivity contribution is 6.46. The van der Waals surface area contributed by atoms with Crippen molar-refractivity contribution in [1.29, 1.82) is 0 Å². The predicted octanol–water partition coefficient (Wildman–Crippen LogP) is 5.85. The van der Waals surface area contributed by atoms with Crippen LogP contribution in [-0.2, 0) is 16.1 Å². The minimum absolute atomic E-state index is 0.0543. The summed E-state index contributed by atoms with van der Waals surface area (Å²) in [5.74, 6) is -2.01. The maximum absolute atomic E-state index is 13.5. The first-order valence-corrected chi connectivity index (χ1v) is 11.4. The smallest absolute Gasteiger partial charge is 0.295 e. The minimum atomic E-state index is -0.809. The van der Waals surface area contributed by atoms with Crippen molar-refractivity contribution in [3.8, 4) is 0 Å².